The molecule has 5 heteroatoms. The summed E-state index contributed by atoms with van der Waals surface area (Å²) in [5.74, 6) is 1.13. The largest absolute Gasteiger partial charge is 0.490 e. The summed E-state index contributed by atoms with van der Waals surface area (Å²) in [6, 6.07) is 12.7. The third kappa shape index (κ3) is 4.27. The predicted octanol–water partition coefficient (Wildman–Crippen LogP) is 4.15. The number of amides is 1. The van der Waals surface area contributed by atoms with Crippen LogP contribution in [0.4, 0.5) is 5.69 Å². The van der Waals surface area contributed by atoms with Crippen molar-refractivity contribution in [1.82, 2.24) is 0 Å². The molecule has 1 aliphatic rings. The smallest absolute Gasteiger partial charge is 0.248 e. The highest BCUT2D eigenvalue weighted by atomic mass is 35.5. The molecule has 3 rings (SSSR count). The van der Waals surface area contributed by atoms with E-state index in [0.717, 1.165) is 12.0 Å². The molecule has 23 heavy (non-hydrogen) atoms. The van der Waals surface area contributed by atoms with Crippen molar-refractivity contribution in [1.29, 1.82) is 0 Å². The molecule has 2 aromatic rings. The van der Waals surface area contributed by atoms with Crippen LogP contribution in [0.1, 0.15) is 12.0 Å². The molecule has 1 amide bonds. The molecule has 0 fully saturated rings. The summed E-state index contributed by atoms with van der Waals surface area (Å²) in [6.45, 7) is 1.25. The summed E-state index contributed by atoms with van der Waals surface area (Å²) in [6.07, 6.45) is 4.03. The Morgan fingerprint density at radius 3 is 2.74 bits per heavy atom. The lowest BCUT2D eigenvalue weighted by atomic mass is 10.2. The Balaban J connectivity index is 1.67. The van der Waals surface area contributed by atoms with Gasteiger partial charge < -0.3 is 14.8 Å². The van der Waals surface area contributed by atoms with Gasteiger partial charge in [0.25, 0.3) is 0 Å². The normalized spacial score (nSPS) is 13.6. The minimum absolute atomic E-state index is 0.223. The minimum Gasteiger partial charge on any atom is -0.490 e. The zero-order valence-corrected chi connectivity index (χ0v) is 13.2. The van der Waals surface area contributed by atoms with Gasteiger partial charge in [-0.15, -0.1) is 0 Å². The molecule has 1 aliphatic heterocycles. The molecule has 1 N–H and O–H groups in total. The molecule has 2 aromatic carbocycles. The predicted molar refractivity (Wildman–Crippen MR) is 91.2 cm³/mol. The summed E-state index contributed by atoms with van der Waals surface area (Å²) in [4.78, 5) is 12.0. The number of hydrogen-bond donors (Lipinski definition) is 1. The average molecular weight is 330 g/mol. The molecule has 118 valence electrons. The van der Waals surface area contributed by atoms with E-state index < -0.39 is 0 Å². The molecule has 0 spiro atoms. The second-order valence-corrected chi connectivity index (χ2v) is 5.53. The summed E-state index contributed by atoms with van der Waals surface area (Å²) in [7, 11) is 0. The van der Waals surface area contributed by atoms with Gasteiger partial charge in [-0.3, -0.25) is 4.79 Å². The van der Waals surface area contributed by atoms with Gasteiger partial charge >= 0.3 is 0 Å². The van der Waals surface area contributed by atoms with Crippen LogP contribution in [-0.2, 0) is 4.79 Å². The van der Waals surface area contributed by atoms with E-state index in [2.05, 4.69) is 5.32 Å². The number of rotatable bonds is 3. The maximum atomic E-state index is 12.0. The first-order chi connectivity index (χ1) is 11.2. The zero-order valence-electron chi connectivity index (χ0n) is 12.4. The van der Waals surface area contributed by atoms with Crippen LogP contribution in [0, 0.1) is 0 Å². The van der Waals surface area contributed by atoms with E-state index in [0.29, 0.717) is 35.4 Å². The Morgan fingerprint density at radius 1 is 1.09 bits per heavy atom. The molecule has 0 unspecified atom stereocenters. The fraction of sp³-hybridized carbons (Fsp3) is 0.167. The highest BCUT2D eigenvalue weighted by Crippen LogP contribution is 2.32. The van der Waals surface area contributed by atoms with Gasteiger partial charge in [0.2, 0.25) is 5.91 Å². The fourth-order valence-electron chi connectivity index (χ4n) is 2.21. The van der Waals surface area contributed by atoms with Crippen molar-refractivity contribution in [3.8, 4) is 11.5 Å². The van der Waals surface area contributed by atoms with Crippen molar-refractivity contribution >= 4 is 29.3 Å². The summed E-state index contributed by atoms with van der Waals surface area (Å²) < 4.78 is 11.2. The molecule has 0 saturated carbocycles. The summed E-state index contributed by atoms with van der Waals surface area (Å²) >= 11 is 5.91. The van der Waals surface area contributed by atoms with E-state index in [1.165, 1.54) is 6.08 Å². The number of ether oxygens (including phenoxy) is 2. The second kappa shape index (κ2) is 7.20. The van der Waals surface area contributed by atoms with E-state index in [-0.39, 0.29) is 5.91 Å². The van der Waals surface area contributed by atoms with Crippen LogP contribution in [0.15, 0.2) is 48.5 Å². The lowest BCUT2D eigenvalue weighted by Gasteiger charge is -2.09. The third-order valence-electron chi connectivity index (χ3n) is 3.29. The van der Waals surface area contributed by atoms with Gasteiger partial charge in [0, 0.05) is 29.3 Å². The monoisotopic (exact) mass is 329 g/mol. The number of halogens is 1. The standard InChI is InChI=1S/C18H16ClNO3/c19-14-4-1-3-13(11-14)5-8-18(21)20-15-6-7-16-17(12-15)23-10-2-9-22-16/h1,3-8,11-12H,2,9-10H2,(H,20,21)/b8-5+. The number of anilines is 1. The first-order valence-corrected chi connectivity index (χ1v) is 7.73. The van der Waals surface area contributed by atoms with Gasteiger partial charge in [-0.2, -0.15) is 0 Å². The molecule has 0 saturated heterocycles. The van der Waals surface area contributed by atoms with Gasteiger partial charge in [0.05, 0.1) is 13.2 Å². The zero-order chi connectivity index (χ0) is 16.1. The van der Waals surface area contributed by atoms with Crippen LogP contribution in [-0.4, -0.2) is 19.1 Å². The molecule has 1 heterocycles. The van der Waals surface area contributed by atoms with Crippen LogP contribution in [0.5, 0.6) is 11.5 Å². The first kappa shape index (κ1) is 15.4. The van der Waals surface area contributed by atoms with Crippen molar-refractivity contribution < 1.29 is 14.3 Å². The molecule has 0 bridgehead atoms. The second-order valence-electron chi connectivity index (χ2n) is 5.09. The minimum atomic E-state index is -0.223. The van der Waals surface area contributed by atoms with E-state index in [1.54, 1.807) is 36.4 Å². The lowest BCUT2D eigenvalue weighted by molar-refractivity contribution is -0.111. The Hall–Kier alpha value is -2.46. The van der Waals surface area contributed by atoms with Crippen molar-refractivity contribution in [3.05, 3.63) is 59.1 Å². The van der Waals surface area contributed by atoms with E-state index >= 15 is 0 Å². The fourth-order valence-corrected chi connectivity index (χ4v) is 2.41. The molecule has 0 atom stereocenters. The summed E-state index contributed by atoms with van der Waals surface area (Å²) in [5.41, 5.74) is 1.53. The number of carbonyl (C=O) groups excluding carboxylic acids is 1. The highest BCUT2D eigenvalue weighted by molar-refractivity contribution is 6.30. The molecule has 0 aliphatic carbocycles. The summed E-state index contributed by atoms with van der Waals surface area (Å²) in [5, 5.41) is 3.44. The van der Waals surface area contributed by atoms with Gasteiger partial charge in [-0.1, -0.05) is 23.7 Å². The number of hydrogen-bond acceptors (Lipinski definition) is 3. The van der Waals surface area contributed by atoms with E-state index in [4.69, 9.17) is 21.1 Å². The van der Waals surface area contributed by atoms with E-state index in [1.807, 2.05) is 12.1 Å². The van der Waals surface area contributed by atoms with Crippen LogP contribution in [0.25, 0.3) is 6.08 Å². The Labute approximate surface area is 139 Å². The first-order valence-electron chi connectivity index (χ1n) is 7.35. The SMILES string of the molecule is O=C(/C=C/c1cccc(Cl)c1)Nc1ccc2c(c1)OCCCO2. The van der Waals surface area contributed by atoms with Crippen LogP contribution < -0.4 is 14.8 Å². The maximum absolute atomic E-state index is 12.0. The van der Waals surface area contributed by atoms with Crippen molar-refractivity contribution in [2.75, 3.05) is 18.5 Å². The van der Waals surface area contributed by atoms with Gasteiger partial charge in [-0.05, 0) is 35.9 Å². The molecular weight excluding hydrogens is 314 g/mol. The van der Waals surface area contributed by atoms with Gasteiger partial charge in [-0.25, -0.2) is 0 Å². The molecule has 4 nitrogen and oxygen atoms in total. The van der Waals surface area contributed by atoms with Crippen molar-refractivity contribution in [2.24, 2.45) is 0 Å². The number of benzene rings is 2. The van der Waals surface area contributed by atoms with Crippen LogP contribution in [0.3, 0.4) is 0 Å². The topological polar surface area (TPSA) is 47.6 Å². The quantitative estimate of drug-likeness (QED) is 0.860. The Bertz CT molecular complexity index is 743. The van der Waals surface area contributed by atoms with Crippen LogP contribution in [0.2, 0.25) is 5.02 Å². The van der Waals surface area contributed by atoms with Crippen molar-refractivity contribution in [2.45, 2.75) is 6.42 Å². The Kier molecular flexibility index (Phi) is 4.83. The Morgan fingerprint density at radius 2 is 1.91 bits per heavy atom. The molecular formula is C18H16ClNO3. The molecule has 0 radical (unpaired) electrons. The van der Waals surface area contributed by atoms with Crippen molar-refractivity contribution in [3.63, 3.8) is 0 Å². The van der Waals surface area contributed by atoms with Crippen LogP contribution >= 0.6 is 11.6 Å². The third-order valence-corrected chi connectivity index (χ3v) is 3.53. The number of nitrogens with one attached hydrogen (secondary N) is 1. The van der Waals surface area contributed by atoms with Gasteiger partial charge in [0.1, 0.15) is 0 Å². The van der Waals surface area contributed by atoms with Gasteiger partial charge in [0.15, 0.2) is 11.5 Å². The maximum Gasteiger partial charge on any atom is 0.248 e. The lowest BCUT2D eigenvalue weighted by Crippen LogP contribution is -2.07. The van der Waals surface area contributed by atoms with E-state index in [9.17, 15) is 4.79 Å². The number of fused-ring (bicyclic) bond motifs is 1. The molecule has 0 aromatic heterocycles. The average Bonchev–Trinajstić information content (AvgIpc) is 2.78. The highest BCUT2D eigenvalue weighted by Gasteiger charge is 2.11. The number of carbonyl (C=O) groups is 1.